The monoisotopic (exact) mass is 409 g/mol. The zero-order valence-corrected chi connectivity index (χ0v) is 15.9. The molecule has 2 N–H and O–H groups in total. The predicted octanol–water partition coefficient (Wildman–Crippen LogP) is 1.69. The molecule has 2 aromatic carbocycles. The van der Waals surface area contributed by atoms with Crippen LogP contribution in [0.15, 0.2) is 53.4 Å². The van der Waals surface area contributed by atoms with E-state index in [9.17, 15) is 23.3 Å². The first-order valence-corrected chi connectivity index (χ1v) is 9.48. The fourth-order valence-corrected chi connectivity index (χ4v) is 4.02. The molecule has 2 aromatic rings. The molecule has 10 nitrogen and oxygen atoms in total. The van der Waals surface area contributed by atoms with Crippen molar-refractivity contribution in [3.63, 3.8) is 0 Å². The second-order valence-electron chi connectivity index (χ2n) is 5.80. The van der Waals surface area contributed by atoms with Crippen molar-refractivity contribution in [1.29, 1.82) is 0 Å². The van der Waals surface area contributed by atoms with E-state index in [0.29, 0.717) is 11.3 Å². The van der Waals surface area contributed by atoms with Crippen LogP contribution in [-0.2, 0) is 21.4 Å². The summed E-state index contributed by atoms with van der Waals surface area (Å²) < 4.78 is 32.1. The van der Waals surface area contributed by atoms with E-state index < -0.39 is 26.9 Å². The van der Waals surface area contributed by atoms with Crippen LogP contribution < -0.4 is 10.2 Å². The first-order valence-electron chi connectivity index (χ1n) is 8.04. The van der Waals surface area contributed by atoms with Gasteiger partial charge < -0.3 is 4.74 Å². The highest BCUT2D eigenvalue weighted by Gasteiger charge is 2.33. The lowest BCUT2D eigenvalue weighted by atomic mass is 10.2. The molecule has 1 amide bonds. The van der Waals surface area contributed by atoms with Crippen molar-refractivity contribution in [1.82, 2.24) is 9.79 Å². The molecule has 0 saturated carbocycles. The summed E-state index contributed by atoms with van der Waals surface area (Å²) in [6, 6.07) is 9.64. The van der Waals surface area contributed by atoms with Gasteiger partial charge in [-0.25, -0.2) is 13.9 Å². The van der Waals surface area contributed by atoms with Gasteiger partial charge in [-0.05, 0) is 36.8 Å². The number of hydrogen-bond acceptors (Lipinski definition) is 7. The molecular weight excluding hydrogens is 390 g/mol. The first-order chi connectivity index (χ1) is 13.2. The van der Waals surface area contributed by atoms with Gasteiger partial charge in [0.1, 0.15) is 11.8 Å². The Morgan fingerprint density at radius 3 is 2.25 bits per heavy atom. The molecule has 2 rings (SSSR count). The summed E-state index contributed by atoms with van der Waals surface area (Å²) in [5.41, 5.74) is 1.73. The van der Waals surface area contributed by atoms with Crippen molar-refractivity contribution in [2.45, 2.75) is 24.4 Å². The van der Waals surface area contributed by atoms with Crippen LogP contribution in [-0.4, -0.2) is 41.9 Å². The van der Waals surface area contributed by atoms with Crippen LogP contribution >= 0.6 is 0 Å². The third kappa shape index (κ3) is 4.63. The Bertz CT molecular complexity index is 944. The van der Waals surface area contributed by atoms with Gasteiger partial charge >= 0.3 is 0 Å². The lowest BCUT2D eigenvalue weighted by molar-refractivity contribution is -0.384. The van der Waals surface area contributed by atoms with Gasteiger partial charge in [-0.2, -0.15) is 4.31 Å². The number of hydroxylamine groups is 1. The maximum Gasteiger partial charge on any atom is 0.269 e. The third-order valence-corrected chi connectivity index (χ3v) is 6.00. The minimum atomic E-state index is -4.13. The molecule has 28 heavy (non-hydrogen) atoms. The summed E-state index contributed by atoms with van der Waals surface area (Å²) in [6.45, 7) is 1.08. The molecular formula is C17H19N3O7S. The number of non-ortho nitro benzene ring substituents is 1. The topological polar surface area (TPSA) is 139 Å². The van der Waals surface area contributed by atoms with Gasteiger partial charge in [0.2, 0.25) is 10.0 Å². The van der Waals surface area contributed by atoms with Crippen LogP contribution in [0.5, 0.6) is 5.75 Å². The lowest BCUT2D eigenvalue weighted by Gasteiger charge is -2.27. The standard InChI is InChI=1S/C17H19N3O7S/c1-12(17(21)18-22)19(11-13-3-5-14(6-4-13)20(23)24)28(25,26)16-9-7-15(27-2)8-10-16/h3-10,12,22H,11H2,1-2H3,(H,18,21)/t12-/m0/s1. The molecule has 0 unspecified atom stereocenters. The number of methoxy groups -OCH3 is 1. The highest BCUT2D eigenvalue weighted by Crippen LogP contribution is 2.24. The number of nitrogens with zero attached hydrogens (tertiary/aromatic N) is 2. The largest absolute Gasteiger partial charge is 0.497 e. The molecule has 0 spiro atoms. The summed E-state index contributed by atoms with van der Waals surface area (Å²) in [6.07, 6.45) is 0. The summed E-state index contributed by atoms with van der Waals surface area (Å²) in [7, 11) is -2.69. The highest BCUT2D eigenvalue weighted by molar-refractivity contribution is 7.89. The molecule has 11 heteroatoms. The number of nitrogens with one attached hydrogen (secondary N) is 1. The normalized spacial score (nSPS) is 12.4. The van der Waals surface area contributed by atoms with Gasteiger partial charge in [-0.1, -0.05) is 12.1 Å². The Kier molecular flexibility index (Phi) is 6.67. The van der Waals surface area contributed by atoms with E-state index in [4.69, 9.17) is 9.94 Å². The number of sulfonamides is 1. The number of nitro benzene ring substituents is 1. The number of benzene rings is 2. The van der Waals surface area contributed by atoms with Crippen LogP contribution in [0.3, 0.4) is 0 Å². The predicted molar refractivity (Wildman–Crippen MR) is 98.2 cm³/mol. The van der Waals surface area contributed by atoms with Crippen LogP contribution in [0.25, 0.3) is 0 Å². The second kappa shape index (κ2) is 8.78. The van der Waals surface area contributed by atoms with E-state index in [1.54, 1.807) is 0 Å². The Hall–Kier alpha value is -3.02. The van der Waals surface area contributed by atoms with E-state index >= 15 is 0 Å². The molecule has 0 fully saturated rings. The fourth-order valence-electron chi connectivity index (χ4n) is 2.44. The quantitative estimate of drug-likeness (QED) is 0.384. The second-order valence-corrected chi connectivity index (χ2v) is 7.69. The lowest BCUT2D eigenvalue weighted by Crippen LogP contribution is -2.46. The molecule has 1 atom stereocenters. The number of hydrogen-bond donors (Lipinski definition) is 2. The number of amides is 1. The van der Waals surface area contributed by atoms with E-state index in [-0.39, 0.29) is 17.1 Å². The Morgan fingerprint density at radius 1 is 1.21 bits per heavy atom. The van der Waals surface area contributed by atoms with E-state index in [2.05, 4.69) is 0 Å². The average molecular weight is 409 g/mol. The van der Waals surface area contributed by atoms with Crippen molar-refractivity contribution in [3.8, 4) is 5.75 Å². The maximum atomic E-state index is 13.1. The van der Waals surface area contributed by atoms with Crippen LogP contribution in [0.4, 0.5) is 5.69 Å². The van der Waals surface area contributed by atoms with Gasteiger partial charge in [0.15, 0.2) is 0 Å². The molecule has 0 aliphatic carbocycles. The molecule has 0 saturated heterocycles. The van der Waals surface area contributed by atoms with Gasteiger partial charge in [-0.3, -0.25) is 20.1 Å². The third-order valence-electron chi connectivity index (χ3n) is 4.07. The number of ether oxygens (including phenoxy) is 1. The molecule has 0 heterocycles. The zero-order chi connectivity index (χ0) is 20.9. The molecule has 0 aromatic heterocycles. The number of nitro groups is 1. The Morgan fingerprint density at radius 2 is 1.79 bits per heavy atom. The smallest absolute Gasteiger partial charge is 0.269 e. The summed E-state index contributed by atoms with van der Waals surface area (Å²) >= 11 is 0. The van der Waals surface area contributed by atoms with Crippen molar-refractivity contribution in [2.24, 2.45) is 0 Å². The van der Waals surface area contributed by atoms with Crippen molar-refractivity contribution in [2.75, 3.05) is 7.11 Å². The highest BCUT2D eigenvalue weighted by atomic mass is 32.2. The Balaban J connectivity index is 2.42. The minimum Gasteiger partial charge on any atom is -0.497 e. The molecule has 150 valence electrons. The van der Waals surface area contributed by atoms with Crippen molar-refractivity contribution in [3.05, 3.63) is 64.2 Å². The fraction of sp³-hybridized carbons (Fsp3) is 0.235. The Labute approximate surface area is 161 Å². The van der Waals surface area contributed by atoms with Crippen LogP contribution in [0, 0.1) is 10.1 Å². The van der Waals surface area contributed by atoms with Gasteiger partial charge in [0.05, 0.1) is 16.9 Å². The number of rotatable bonds is 8. The summed E-state index contributed by atoms with van der Waals surface area (Å²) in [5.74, 6) is -0.457. The van der Waals surface area contributed by atoms with Gasteiger partial charge in [0, 0.05) is 18.7 Å². The molecule has 0 aliphatic heterocycles. The van der Waals surface area contributed by atoms with Gasteiger partial charge in [-0.15, -0.1) is 0 Å². The van der Waals surface area contributed by atoms with E-state index in [0.717, 1.165) is 4.31 Å². The van der Waals surface area contributed by atoms with Crippen molar-refractivity contribution < 1.29 is 28.1 Å². The summed E-state index contributed by atoms with van der Waals surface area (Å²) in [4.78, 5) is 22.0. The van der Waals surface area contributed by atoms with Crippen LogP contribution in [0.1, 0.15) is 12.5 Å². The summed E-state index contributed by atoms with van der Waals surface area (Å²) in [5, 5.41) is 19.7. The van der Waals surface area contributed by atoms with E-state index in [1.807, 2.05) is 0 Å². The molecule has 0 aliphatic rings. The minimum absolute atomic E-state index is 0.0761. The van der Waals surface area contributed by atoms with Crippen LogP contribution in [0.2, 0.25) is 0 Å². The van der Waals surface area contributed by atoms with Gasteiger partial charge in [0.25, 0.3) is 11.6 Å². The van der Waals surface area contributed by atoms with E-state index in [1.165, 1.54) is 68.0 Å². The molecule has 0 radical (unpaired) electrons. The maximum absolute atomic E-state index is 13.1. The van der Waals surface area contributed by atoms with Crippen molar-refractivity contribution >= 4 is 21.6 Å². The molecule has 0 bridgehead atoms. The SMILES string of the molecule is COc1ccc(S(=O)(=O)N(Cc2ccc([N+](=O)[O-])cc2)[C@@H](C)C(=O)NO)cc1. The average Bonchev–Trinajstić information content (AvgIpc) is 2.71. The number of carbonyl (C=O) groups excluding carboxylic acids is 1. The number of carbonyl (C=O) groups is 1. The first kappa shape index (κ1) is 21.3. The zero-order valence-electron chi connectivity index (χ0n) is 15.1.